The first kappa shape index (κ1) is 7.91. The third-order valence-electron chi connectivity index (χ3n) is 1.78. The van der Waals surface area contributed by atoms with Crippen LogP contribution in [0.5, 0.6) is 0 Å². The van der Waals surface area contributed by atoms with Crippen LogP contribution in [0.3, 0.4) is 0 Å². The number of anilines is 1. The Kier molecular flexibility index (Phi) is 1.81. The van der Waals surface area contributed by atoms with E-state index in [-0.39, 0.29) is 0 Å². The van der Waals surface area contributed by atoms with E-state index in [4.69, 9.17) is 0 Å². The SMILES string of the molecule is CN(C)c1ccc2nccnc2n1. The molecular weight excluding hydrogens is 164 g/mol. The van der Waals surface area contributed by atoms with Crippen molar-refractivity contribution in [3.05, 3.63) is 24.5 Å². The highest BCUT2D eigenvalue weighted by Crippen LogP contribution is 2.11. The van der Waals surface area contributed by atoms with E-state index in [9.17, 15) is 0 Å². The van der Waals surface area contributed by atoms with Gasteiger partial charge in [-0.05, 0) is 12.1 Å². The molecule has 0 aromatic carbocycles. The summed E-state index contributed by atoms with van der Waals surface area (Å²) in [7, 11) is 3.90. The Hall–Kier alpha value is -1.71. The Bertz CT molecular complexity index is 425. The molecule has 4 nitrogen and oxygen atoms in total. The molecule has 13 heavy (non-hydrogen) atoms. The van der Waals surface area contributed by atoms with Gasteiger partial charge in [-0.2, -0.15) is 0 Å². The molecule has 0 radical (unpaired) electrons. The van der Waals surface area contributed by atoms with Crippen LogP contribution in [-0.4, -0.2) is 29.0 Å². The molecule has 2 aromatic heterocycles. The van der Waals surface area contributed by atoms with Gasteiger partial charge in [0.1, 0.15) is 11.3 Å². The van der Waals surface area contributed by atoms with Gasteiger partial charge in [-0.1, -0.05) is 0 Å². The Morgan fingerprint density at radius 2 is 1.85 bits per heavy atom. The summed E-state index contributed by atoms with van der Waals surface area (Å²) in [6.45, 7) is 0. The fourth-order valence-electron chi connectivity index (χ4n) is 1.09. The first-order chi connectivity index (χ1) is 6.27. The van der Waals surface area contributed by atoms with E-state index < -0.39 is 0 Å². The molecule has 0 bridgehead atoms. The van der Waals surface area contributed by atoms with Crippen LogP contribution < -0.4 is 4.90 Å². The largest absolute Gasteiger partial charge is 0.363 e. The van der Waals surface area contributed by atoms with Crippen LogP contribution in [0.15, 0.2) is 24.5 Å². The molecule has 2 heterocycles. The minimum atomic E-state index is 0.689. The minimum absolute atomic E-state index is 0.689. The predicted molar refractivity (Wildman–Crippen MR) is 51.7 cm³/mol. The second kappa shape index (κ2) is 2.97. The van der Waals surface area contributed by atoms with Crippen LogP contribution in [0, 0.1) is 0 Å². The van der Waals surface area contributed by atoms with Gasteiger partial charge in [-0.3, -0.25) is 4.98 Å². The van der Waals surface area contributed by atoms with Crippen molar-refractivity contribution in [2.24, 2.45) is 0 Å². The molecule has 0 N–H and O–H groups in total. The van der Waals surface area contributed by atoms with Crippen LogP contribution in [0.25, 0.3) is 11.2 Å². The molecule has 0 spiro atoms. The number of rotatable bonds is 1. The highest BCUT2D eigenvalue weighted by atomic mass is 15.1. The zero-order chi connectivity index (χ0) is 9.26. The first-order valence-electron chi connectivity index (χ1n) is 4.02. The maximum Gasteiger partial charge on any atom is 0.180 e. The molecule has 0 fully saturated rings. The van der Waals surface area contributed by atoms with Gasteiger partial charge in [0.05, 0.1) is 0 Å². The fraction of sp³-hybridized carbons (Fsp3) is 0.222. The first-order valence-corrected chi connectivity index (χ1v) is 4.02. The van der Waals surface area contributed by atoms with Crippen LogP contribution >= 0.6 is 0 Å². The van der Waals surface area contributed by atoms with Gasteiger partial charge in [0, 0.05) is 26.5 Å². The summed E-state index contributed by atoms with van der Waals surface area (Å²) in [5.74, 6) is 0.896. The lowest BCUT2D eigenvalue weighted by molar-refractivity contribution is 1.07. The number of hydrogen-bond donors (Lipinski definition) is 0. The number of fused-ring (bicyclic) bond motifs is 1. The van der Waals surface area contributed by atoms with Gasteiger partial charge in [-0.15, -0.1) is 0 Å². The van der Waals surface area contributed by atoms with Crippen LogP contribution in [0.2, 0.25) is 0 Å². The summed E-state index contributed by atoms with van der Waals surface area (Å²) in [4.78, 5) is 14.5. The molecule has 0 aliphatic carbocycles. The molecule has 4 heteroatoms. The van der Waals surface area contributed by atoms with E-state index >= 15 is 0 Å². The zero-order valence-corrected chi connectivity index (χ0v) is 7.60. The molecule has 2 aromatic rings. The lowest BCUT2D eigenvalue weighted by Crippen LogP contribution is -2.10. The molecule has 66 valence electrons. The van der Waals surface area contributed by atoms with Crippen molar-refractivity contribution in [3.8, 4) is 0 Å². The van der Waals surface area contributed by atoms with Gasteiger partial charge in [-0.25, -0.2) is 9.97 Å². The molecule has 0 saturated carbocycles. The van der Waals surface area contributed by atoms with Gasteiger partial charge < -0.3 is 4.90 Å². The van der Waals surface area contributed by atoms with E-state index in [0.29, 0.717) is 5.65 Å². The summed E-state index contributed by atoms with van der Waals surface area (Å²) in [6, 6.07) is 3.85. The number of pyridine rings is 1. The molecule has 0 unspecified atom stereocenters. The topological polar surface area (TPSA) is 41.9 Å². The number of aromatic nitrogens is 3. The third-order valence-corrected chi connectivity index (χ3v) is 1.78. The quantitative estimate of drug-likeness (QED) is 0.649. The van der Waals surface area contributed by atoms with Crippen molar-refractivity contribution in [2.75, 3.05) is 19.0 Å². The van der Waals surface area contributed by atoms with E-state index in [2.05, 4.69) is 15.0 Å². The molecular formula is C9H10N4. The highest BCUT2D eigenvalue weighted by molar-refractivity contribution is 5.71. The van der Waals surface area contributed by atoms with Gasteiger partial charge in [0.2, 0.25) is 0 Å². The molecule has 0 saturated heterocycles. The Balaban J connectivity index is 2.62. The molecule has 0 aliphatic rings. The lowest BCUT2D eigenvalue weighted by Gasteiger charge is -2.10. The summed E-state index contributed by atoms with van der Waals surface area (Å²) < 4.78 is 0. The highest BCUT2D eigenvalue weighted by Gasteiger charge is 1.99. The average Bonchev–Trinajstić information content (AvgIpc) is 2.17. The maximum atomic E-state index is 4.33. The van der Waals surface area contributed by atoms with Crippen LogP contribution in [0.1, 0.15) is 0 Å². The average molecular weight is 174 g/mol. The lowest BCUT2D eigenvalue weighted by atomic mass is 10.4. The van der Waals surface area contributed by atoms with Gasteiger partial charge in [0.15, 0.2) is 5.65 Å². The number of nitrogens with zero attached hydrogens (tertiary/aromatic N) is 4. The molecule has 0 amide bonds. The smallest absolute Gasteiger partial charge is 0.180 e. The van der Waals surface area contributed by atoms with E-state index in [1.54, 1.807) is 12.4 Å². The minimum Gasteiger partial charge on any atom is -0.363 e. The summed E-state index contributed by atoms with van der Waals surface area (Å²) >= 11 is 0. The summed E-state index contributed by atoms with van der Waals surface area (Å²) in [6.07, 6.45) is 3.31. The Labute approximate surface area is 76.3 Å². The predicted octanol–water partition coefficient (Wildman–Crippen LogP) is 1.09. The molecule has 0 atom stereocenters. The second-order valence-corrected chi connectivity index (χ2v) is 2.96. The molecule has 2 rings (SSSR count). The van der Waals surface area contributed by atoms with Crippen molar-refractivity contribution < 1.29 is 0 Å². The van der Waals surface area contributed by atoms with Crippen molar-refractivity contribution in [1.82, 2.24) is 15.0 Å². The maximum absolute atomic E-state index is 4.33. The van der Waals surface area contributed by atoms with E-state index in [0.717, 1.165) is 11.3 Å². The zero-order valence-electron chi connectivity index (χ0n) is 7.60. The summed E-state index contributed by atoms with van der Waals surface area (Å²) in [5, 5.41) is 0. The monoisotopic (exact) mass is 174 g/mol. The van der Waals surface area contributed by atoms with Crippen molar-refractivity contribution in [1.29, 1.82) is 0 Å². The van der Waals surface area contributed by atoms with Crippen LogP contribution in [0.4, 0.5) is 5.82 Å². The Morgan fingerprint density at radius 3 is 2.62 bits per heavy atom. The van der Waals surface area contributed by atoms with E-state index in [1.807, 2.05) is 31.1 Å². The van der Waals surface area contributed by atoms with E-state index in [1.165, 1.54) is 0 Å². The van der Waals surface area contributed by atoms with Gasteiger partial charge >= 0.3 is 0 Å². The van der Waals surface area contributed by atoms with Crippen molar-refractivity contribution in [3.63, 3.8) is 0 Å². The normalized spacial score (nSPS) is 10.3. The van der Waals surface area contributed by atoms with Crippen molar-refractivity contribution >= 4 is 17.0 Å². The fourth-order valence-corrected chi connectivity index (χ4v) is 1.09. The second-order valence-electron chi connectivity index (χ2n) is 2.96. The molecule has 0 aliphatic heterocycles. The summed E-state index contributed by atoms with van der Waals surface area (Å²) in [5.41, 5.74) is 1.52. The standard InChI is InChI=1S/C9H10N4/c1-13(2)8-4-3-7-9(12-8)11-6-5-10-7/h3-6H,1-2H3. The Morgan fingerprint density at radius 1 is 1.08 bits per heavy atom. The van der Waals surface area contributed by atoms with Gasteiger partial charge in [0.25, 0.3) is 0 Å². The van der Waals surface area contributed by atoms with Crippen LogP contribution in [-0.2, 0) is 0 Å². The third kappa shape index (κ3) is 1.42. The number of hydrogen-bond acceptors (Lipinski definition) is 4. The van der Waals surface area contributed by atoms with Crippen molar-refractivity contribution in [2.45, 2.75) is 0 Å².